The first-order valence-corrected chi connectivity index (χ1v) is 9.61. The van der Waals surface area contributed by atoms with Gasteiger partial charge in [0.1, 0.15) is 0 Å². The first-order chi connectivity index (χ1) is 12.6. The number of rotatable bonds is 10. The van der Waals surface area contributed by atoms with Gasteiger partial charge in [-0.3, -0.25) is 14.4 Å². The number of methoxy groups -OCH3 is 1. The second-order valence-electron chi connectivity index (χ2n) is 6.55. The van der Waals surface area contributed by atoms with Crippen molar-refractivity contribution in [1.82, 2.24) is 4.90 Å². The second-order valence-corrected chi connectivity index (χ2v) is 6.55. The minimum absolute atomic E-state index is 0. The zero-order valence-corrected chi connectivity index (χ0v) is 19.1. The van der Waals surface area contributed by atoms with Crippen LogP contribution in [0.3, 0.4) is 0 Å². The Kier molecular flexibility index (Phi) is 15.3. The number of piperidine rings is 1. The van der Waals surface area contributed by atoms with Gasteiger partial charge in [0.15, 0.2) is 5.78 Å². The van der Waals surface area contributed by atoms with Crippen LogP contribution in [-0.4, -0.2) is 42.3 Å². The standard InChI is InChI=1S/C21H31NO4.Na.H/c1-3-4-7-12-19(23)16-15-18-11-10-13-20(24)22(18)17-9-6-5-8-14-21(25)26-2;;/h15-16,18H,3-5,7-8,10-14,17H2,1-2H3;;/q;+1;-1. The average Bonchev–Trinajstić information content (AvgIpc) is 2.64. The van der Waals surface area contributed by atoms with Crippen molar-refractivity contribution in [3.8, 4) is 11.8 Å². The summed E-state index contributed by atoms with van der Waals surface area (Å²) < 4.78 is 4.58. The van der Waals surface area contributed by atoms with E-state index >= 15 is 0 Å². The van der Waals surface area contributed by atoms with Crippen molar-refractivity contribution in [2.45, 2.75) is 77.2 Å². The molecule has 1 unspecified atom stereocenters. The van der Waals surface area contributed by atoms with Crippen LogP contribution in [0.5, 0.6) is 0 Å². The van der Waals surface area contributed by atoms with Crippen LogP contribution in [0.2, 0.25) is 0 Å². The Hall–Kier alpha value is -1.09. The van der Waals surface area contributed by atoms with E-state index < -0.39 is 0 Å². The number of hydrogen-bond donors (Lipinski definition) is 0. The molecule has 0 aromatic heterocycles. The number of likely N-dealkylation sites (tertiary alicyclic amines) is 1. The van der Waals surface area contributed by atoms with E-state index in [1.807, 2.05) is 6.08 Å². The number of amides is 1. The van der Waals surface area contributed by atoms with Crippen LogP contribution >= 0.6 is 0 Å². The van der Waals surface area contributed by atoms with E-state index in [0.717, 1.165) is 32.1 Å². The van der Waals surface area contributed by atoms with Gasteiger partial charge in [-0.2, -0.15) is 0 Å². The van der Waals surface area contributed by atoms with Crippen LogP contribution in [0.4, 0.5) is 0 Å². The first kappa shape index (κ1) is 25.9. The Morgan fingerprint density at radius 1 is 1.26 bits per heavy atom. The second kappa shape index (κ2) is 15.9. The van der Waals surface area contributed by atoms with Gasteiger partial charge in [0.25, 0.3) is 0 Å². The van der Waals surface area contributed by atoms with E-state index in [0.29, 0.717) is 38.6 Å². The molecule has 1 aliphatic rings. The van der Waals surface area contributed by atoms with Crippen LogP contribution in [0.1, 0.15) is 72.6 Å². The summed E-state index contributed by atoms with van der Waals surface area (Å²) in [5.41, 5.74) is 0. The molecule has 0 aromatic carbocycles. The van der Waals surface area contributed by atoms with Crippen molar-refractivity contribution in [1.29, 1.82) is 0 Å². The summed E-state index contributed by atoms with van der Waals surface area (Å²) in [7, 11) is 1.37. The molecule has 1 heterocycles. The molecule has 5 nitrogen and oxygen atoms in total. The topological polar surface area (TPSA) is 63.7 Å². The zero-order chi connectivity index (χ0) is 19.2. The van der Waals surface area contributed by atoms with E-state index in [-0.39, 0.29) is 54.7 Å². The SMILES string of the molecule is CCCCCC(=O)C=CC1CCCC(=O)N1CC#CCCCC(=O)OC.[H-].[Na+]. The van der Waals surface area contributed by atoms with Gasteiger partial charge in [0.2, 0.25) is 5.91 Å². The molecular formula is C21H32NNaO4. The molecule has 146 valence electrons. The number of allylic oxidation sites excluding steroid dienone is 1. The van der Waals surface area contributed by atoms with E-state index in [2.05, 4.69) is 23.5 Å². The largest absolute Gasteiger partial charge is 1.00 e. The molecule has 0 aromatic rings. The van der Waals surface area contributed by atoms with Crippen molar-refractivity contribution < 1.29 is 50.1 Å². The van der Waals surface area contributed by atoms with Gasteiger partial charge in [-0.25, -0.2) is 0 Å². The van der Waals surface area contributed by atoms with Crippen LogP contribution < -0.4 is 29.6 Å². The Bertz CT molecular complexity index is 568. The molecule has 6 heteroatoms. The molecule has 1 amide bonds. The Morgan fingerprint density at radius 2 is 2.04 bits per heavy atom. The van der Waals surface area contributed by atoms with Gasteiger partial charge in [0, 0.05) is 25.7 Å². The Balaban J connectivity index is 0. The van der Waals surface area contributed by atoms with Gasteiger partial charge < -0.3 is 11.1 Å². The fraction of sp³-hybridized carbons (Fsp3) is 0.667. The van der Waals surface area contributed by atoms with Crippen LogP contribution in [0.25, 0.3) is 0 Å². The van der Waals surface area contributed by atoms with Crippen LogP contribution in [0.15, 0.2) is 12.2 Å². The molecule has 1 aliphatic heterocycles. The molecule has 1 saturated heterocycles. The number of ether oxygens (including phenoxy) is 1. The van der Waals surface area contributed by atoms with E-state index in [9.17, 15) is 14.4 Å². The molecule has 0 radical (unpaired) electrons. The van der Waals surface area contributed by atoms with Gasteiger partial charge in [-0.05, 0) is 31.8 Å². The third kappa shape index (κ3) is 11.4. The number of hydrogen-bond acceptors (Lipinski definition) is 4. The Morgan fingerprint density at radius 3 is 2.74 bits per heavy atom. The predicted octanol–water partition coefficient (Wildman–Crippen LogP) is 0.536. The monoisotopic (exact) mass is 385 g/mol. The normalized spacial score (nSPS) is 16.4. The van der Waals surface area contributed by atoms with Crippen molar-refractivity contribution in [3.05, 3.63) is 12.2 Å². The third-order valence-electron chi connectivity index (χ3n) is 4.43. The summed E-state index contributed by atoms with van der Waals surface area (Å²) in [6.45, 7) is 2.48. The summed E-state index contributed by atoms with van der Waals surface area (Å²) in [5.74, 6) is 6.02. The maximum absolute atomic E-state index is 12.2. The van der Waals surface area contributed by atoms with E-state index in [1.54, 1.807) is 11.0 Å². The first-order valence-electron chi connectivity index (χ1n) is 9.61. The van der Waals surface area contributed by atoms with Gasteiger partial charge in [-0.1, -0.05) is 31.8 Å². The Labute approximate surface area is 187 Å². The smallest absolute Gasteiger partial charge is 1.00 e. The molecule has 0 aliphatic carbocycles. The molecule has 1 atom stereocenters. The number of carbonyl (C=O) groups excluding carboxylic acids is 3. The molecule has 1 rings (SSSR count). The van der Waals surface area contributed by atoms with Crippen molar-refractivity contribution in [3.63, 3.8) is 0 Å². The average molecular weight is 385 g/mol. The fourth-order valence-electron chi connectivity index (χ4n) is 2.86. The maximum Gasteiger partial charge on any atom is 1.00 e. The molecule has 27 heavy (non-hydrogen) atoms. The van der Waals surface area contributed by atoms with Gasteiger partial charge >= 0.3 is 35.5 Å². The molecule has 1 fully saturated rings. The summed E-state index contributed by atoms with van der Waals surface area (Å²) in [6, 6.07) is -0.0456. The summed E-state index contributed by atoms with van der Waals surface area (Å²) in [4.78, 5) is 36.9. The minimum Gasteiger partial charge on any atom is -1.00 e. The van der Waals surface area contributed by atoms with Gasteiger partial charge in [-0.15, -0.1) is 5.92 Å². The number of unbranched alkanes of at least 4 members (excludes halogenated alkanes) is 3. The van der Waals surface area contributed by atoms with E-state index in [4.69, 9.17) is 0 Å². The number of esters is 1. The fourth-order valence-corrected chi connectivity index (χ4v) is 2.86. The summed E-state index contributed by atoms with van der Waals surface area (Å²) in [5, 5.41) is 0. The predicted molar refractivity (Wildman–Crippen MR) is 102 cm³/mol. The molecule has 0 saturated carbocycles. The third-order valence-corrected chi connectivity index (χ3v) is 4.43. The maximum atomic E-state index is 12.2. The van der Waals surface area contributed by atoms with Gasteiger partial charge in [0.05, 0.1) is 19.7 Å². The van der Waals surface area contributed by atoms with Crippen molar-refractivity contribution >= 4 is 17.7 Å². The molecule has 0 spiro atoms. The van der Waals surface area contributed by atoms with E-state index in [1.165, 1.54) is 7.11 Å². The quantitative estimate of drug-likeness (QED) is 0.181. The molecule has 0 bridgehead atoms. The number of carbonyl (C=O) groups is 3. The number of nitrogens with zero attached hydrogens (tertiary/aromatic N) is 1. The van der Waals surface area contributed by atoms with Crippen molar-refractivity contribution in [2.75, 3.05) is 13.7 Å². The summed E-state index contributed by atoms with van der Waals surface area (Å²) in [6.07, 6.45) is 11.0. The summed E-state index contributed by atoms with van der Waals surface area (Å²) >= 11 is 0. The van der Waals surface area contributed by atoms with Crippen molar-refractivity contribution in [2.24, 2.45) is 0 Å². The number of ketones is 1. The van der Waals surface area contributed by atoms with Crippen LogP contribution in [-0.2, 0) is 19.1 Å². The van der Waals surface area contributed by atoms with Crippen LogP contribution in [0, 0.1) is 11.8 Å². The minimum atomic E-state index is -0.230. The zero-order valence-electron chi connectivity index (χ0n) is 18.1. The molecule has 0 N–H and O–H groups in total. The molecular weight excluding hydrogens is 353 g/mol.